The number of rotatable bonds is 3. The predicted molar refractivity (Wildman–Crippen MR) is 78.5 cm³/mol. The van der Waals surface area contributed by atoms with Crippen LogP contribution in [-0.4, -0.2) is 22.8 Å². The van der Waals surface area contributed by atoms with Crippen LogP contribution in [0.5, 0.6) is 0 Å². The number of hydrogen-bond acceptors (Lipinski definition) is 2. The van der Waals surface area contributed by atoms with Crippen LogP contribution in [-0.2, 0) is 12.6 Å². The predicted octanol–water partition coefficient (Wildman–Crippen LogP) is 3.67. The van der Waals surface area contributed by atoms with E-state index >= 15 is 0 Å². The lowest BCUT2D eigenvalue weighted by atomic mass is 9.75. The summed E-state index contributed by atoms with van der Waals surface area (Å²) in [6.45, 7) is 0. The van der Waals surface area contributed by atoms with Crippen molar-refractivity contribution in [1.29, 1.82) is 0 Å². The van der Waals surface area contributed by atoms with Gasteiger partial charge in [-0.05, 0) is 50.2 Å². The third-order valence-corrected chi connectivity index (χ3v) is 4.96. The van der Waals surface area contributed by atoms with Crippen LogP contribution in [0.4, 0.5) is 13.2 Å². The van der Waals surface area contributed by atoms with E-state index in [1.165, 1.54) is 18.6 Å². The fourth-order valence-electron chi connectivity index (χ4n) is 3.92. The molecule has 1 aromatic rings. The highest BCUT2D eigenvalue weighted by molar-refractivity contribution is 5.26. The second kappa shape index (κ2) is 5.85. The van der Waals surface area contributed by atoms with E-state index < -0.39 is 17.3 Å². The van der Waals surface area contributed by atoms with E-state index in [-0.39, 0.29) is 0 Å². The zero-order chi connectivity index (χ0) is 15.8. The summed E-state index contributed by atoms with van der Waals surface area (Å²) < 4.78 is 38.2. The minimum Gasteiger partial charge on any atom is -0.390 e. The molecule has 0 aromatic heterocycles. The topological polar surface area (TPSA) is 32.3 Å². The smallest absolute Gasteiger partial charge is 0.390 e. The van der Waals surface area contributed by atoms with Gasteiger partial charge in [0.2, 0.25) is 0 Å². The van der Waals surface area contributed by atoms with Gasteiger partial charge in [-0.3, -0.25) is 0 Å². The maximum Gasteiger partial charge on any atom is 0.416 e. The molecule has 2 bridgehead atoms. The summed E-state index contributed by atoms with van der Waals surface area (Å²) in [5.41, 5.74) is -0.707. The van der Waals surface area contributed by atoms with E-state index in [0.29, 0.717) is 43.3 Å². The van der Waals surface area contributed by atoms with Crippen molar-refractivity contribution in [3.63, 3.8) is 0 Å². The number of halogens is 3. The van der Waals surface area contributed by atoms with Gasteiger partial charge in [0.25, 0.3) is 0 Å². The first-order valence-electron chi connectivity index (χ1n) is 7.99. The summed E-state index contributed by atoms with van der Waals surface area (Å²) in [7, 11) is 0. The van der Waals surface area contributed by atoms with Crippen molar-refractivity contribution in [2.24, 2.45) is 0 Å². The molecule has 22 heavy (non-hydrogen) atoms. The van der Waals surface area contributed by atoms with Gasteiger partial charge in [-0.25, -0.2) is 0 Å². The van der Waals surface area contributed by atoms with Gasteiger partial charge in [0.05, 0.1) is 11.2 Å². The van der Waals surface area contributed by atoms with Crippen molar-refractivity contribution in [3.05, 3.63) is 35.4 Å². The van der Waals surface area contributed by atoms with Gasteiger partial charge >= 0.3 is 6.18 Å². The lowest BCUT2D eigenvalue weighted by Crippen LogP contribution is -2.55. The quantitative estimate of drug-likeness (QED) is 0.892. The first-order valence-corrected chi connectivity index (χ1v) is 7.99. The average molecular weight is 313 g/mol. The summed E-state index contributed by atoms with van der Waals surface area (Å²) in [5.74, 6) is 0. The number of piperidine rings is 2. The SMILES string of the molecule is OC1(CCc2cccc(C(F)(F)F)c2)CC2CCCC(C1)N2. The van der Waals surface area contributed by atoms with Crippen molar-refractivity contribution in [2.45, 2.75) is 68.8 Å². The molecule has 1 aromatic carbocycles. The number of aliphatic hydroxyl groups is 1. The number of aryl methyl sites for hydroxylation is 1. The third-order valence-electron chi connectivity index (χ3n) is 4.96. The van der Waals surface area contributed by atoms with Crippen LogP contribution in [0.2, 0.25) is 0 Å². The molecule has 2 atom stereocenters. The van der Waals surface area contributed by atoms with E-state index in [4.69, 9.17) is 0 Å². The summed E-state index contributed by atoms with van der Waals surface area (Å²) in [5, 5.41) is 14.3. The molecule has 0 amide bonds. The Hall–Kier alpha value is -1.07. The van der Waals surface area contributed by atoms with Crippen LogP contribution in [0, 0.1) is 0 Å². The van der Waals surface area contributed by atoms with Crippen molar-refractivity contribution in [1.82, 2.24) is 5.32 Å². The van der Waals surface area contributed by atoms with E-state index in [0.717, 1.165) is 18.9 Å². The molecule has 2 saturated heterocycles. The number of fused-ring (bicyclic) bond motifs is 2. The van der Waals surface area contributed by atoms with E-state index in [9.17, 15) is 18.3 Å². The molecule has 122 valence electrons. The van der Waals surface area contributed by atoms with Gasteiger partial charge in [0, 0.05) is 12.1 Å². The van der Waals surface area contributed by atoms with Crippen LogP contribution in [0.1, 0.15) is 49.7 Å². The van der Waals surface area contributed by atoms with Crippen LogP contribution in [0.15, 0.2) is 24.3 Å². The van der Waals surface area contributed by atoms with Gasteiger partial charge in [-0.1, -0.05) is 24.6 Å². The molecule has 2 nitrogen and oxygen atoms in total. The van der Waals surface area contributed by atoms with Gasteiger partial charge in [-0.15, -0.1) is 0 Å². The van der Waals surface area contributed by atoms with Crippen molar-refractivity contribution in [2.75, 3.05) is 0 Å². The number of hydrogen-bond donors (Lipinski definition) is 2. The molecular formula is C17H22F3NO. The monoisotopic (exact) mass is 313 g/mol. The zero-order valence-corrected chi connectivity index (χ0v) is 12.5. The highest BCUT2D eigenvalue weighted by Gasteiger charge is 2.40. The Morgan fingerprint density at radius 1 is 1.18 bits per heavy atom. The van der Waals surface area contributed by atoms with Gasteiger partial charge in [-0.2, -0.15) is 13.2 Å². The maximum atomic E-state index is 12.7. The molecule has 2 N–H and O–H groups in total. The molecule has 2 aliphatic rings. The Morgan fingerprint density at radius 3 is 2.50 bits per heavy atom. The highest BCUT2D eigenvalue weighted by Crippen LogP contribution is 2.36. The van der Waals surface area contributed by atoms with E-state index in [1.807, 2.05) is 0 Å². The van der Waals surface area contributed by atoms with Gasteiger partial charge in [0.1, 0.15) is 0 Å². The molecule has 0 aliphatic carbocycles. The molecule has 2 aliphatic heterocycles. The molecule has 0 spiro atoms. The van der Waals surface area contributed by atoms with Crippen LogP contribution >= 0.6 is 0 Å². The lowest BCUT2D eigenvalue weighted by molar-refractivity contribution is -0.137. The Bertz CT molecular complexity index is 517. The number of alkyl halides is 3. The van der Waals surface area contributed by atoms with Crippen molar-refractivity contribution < 1.29 is 18.3 Å². The summed E-state index contributed by atoms with van der Waals surface area (Å²) in [4.78, 5) is 0. The molecule has 0 radical (unpaired) electrons. The Morgan fingerprint density at radius 2 is 1.86 bits per heavy atom. The van der Waals surface area contributed by atoms with Gasteiger partial charge in [0.15, 0.2) is 0 Å². The van der Waals surface area contributed by atoms with Gasteiger partial charge < -0.3 is 10.4 Å². The fourth-order valence-corrected chi connectivity index (χ4v) is 3.92. The minimum atomic E-state index is -4.31. The van der Waals surface area contributed by atoms with Crippen LogP contribution in [0.3, 0.4) is 0 Å². The zero-order valence-electron chi connectivity index (χ0n) is 12.5. The third kappa shape index (κ3) is 3.63. The standard InChI is InChI=1S/C17H22F3NO/c18-17(19,20)13-4-1-3-12(9-13)7-8-16(22)10-14-5-2-6-15(11-16)21-14/h1,3-4,9,14-15,21-22H,2,5-8,10-11H2. The molecular weight excluding hydrogens is 291 g/mol. The van der Waals surface area contributed by atoms with Crippen molar-refractivity contribution in [3.8, 4) is 0 Å². The van der Waals surface area contributed by atoms with Crippen LogP contribution in [0.25, 0.3) is 0 Å². The lowest BCUT2D eigenvalue weighted by Gasteiger charge is -2.45. The first kappa shape index (κ1) is 15.8. The second-order valence-electron chi connectivity index (χ2n) is 6.82. The number of nitrogens with one attached hydrogen (secondary N) is 1. The Kier molecular flexibility index (Phi) is 4.21. The maximum absolute atomic E-state index is 12.7. The largest absolute Gasteiger partial charge is 0.416 e. The Balaban J connectivity index is 1.65. The van der Waals surface area contributed by atoms with Crippen LogP contribution < -0.4 is 5.32 Å². The molecule has 2 heterocycles. The average Bonchev–Trinajstić information content (AvgIpc) is 2.44. The summed E-state index contributed by atoms with van der Waals surface area (Å²) >= 11 is 0. The molecule has 2 unspecified atom stereocenters. The molecule has 0 saturated carbocycles. The number of benzene rings is 1. The molecule has 3 rings (SSSR count). The fraction of sp³-hybridized carbons (Fsp3) is 0.647. The molecule has 2 fully saturated rings. The summed E-state index contributed by atoms with van der Waals surface area (Å²) in [6.07, 6.45) is 1.50. The van der Waals surface area contributed by atoms with E-state index in [1.54, 1.807) is 6.07 Å². The second-order valence-corrected chi connectivity index (χ2v) is 6.82. The molecule has 5 heteroatoms. The van der Waals surface area contributed by atoms with Crippen molar-refractivity contribution >= 4 is 0 Å². The minimum absolute atomic E-state index is 0.360. The summed E-state index contributed by atoms with van der Waals surface area (Å²) in [6, 6.07) is 6.16. The normalized spacial score (nSPS) is 32.0. The first-order chi connectivity index (χ1) is 10.3. The van der Waals surface area contributed by atoms with E-state index in [2.05, 4.69) is 5.32 Å². The highest BCUT2D eigenvalue weighted by atomic mass is 19.4. The Labute approximate surface area is 128 Å².